The van der Waals surface area contributed by atoms with Gasteiger partial charge in [0.15, 0.2) is 0 Å². The number of methoxy groups -OCH3 is 1. The zero-order chi connectivity index (χ0) is 25.3. The maximum atomic E-state index is 12.6. The first-order valence-electron chi connectivity index (χ1n) is 10.1. The van der Waals surface area contributed by atoms with Gasteiger partial charge >= 0.3 is 12.3 Å². The summed E-state index contributed by atoms with van der Waals surface area (Å²) in [6.45, 7) is 1.12. The van der Waals surface area contributed by atoms with E-state index in [1.807, 2.05) is 0 Å². The number of carbonyl (C=O) groups excluding carboxylic acids is 2. The largest absolute Gasteiger partial charge is 0.573 e. The highest BCUT2D eigenvalue weighted by Crippen LogP contribution is 2.40. The summed E-state index contributed by atoms with van der Waals surface area (Å²) in [5.74, 6) is -2.50. The molecule has 1 aliphatic rings. The number of halogens is 3. The molecular weight excluding hydrogens is 461 g/mol. The number of alkyl halides is 3. The normalized spacial score (nSPS) is 22.6. The molecule has 3 atom stereocenters. The van der Waals surface area contributed by atoms with Crippen LogP contribution in [0, 0.1) is 23.0 Å². The fraction of sp³-hybridized carbons (Fsp3) is 0.364. The summed E-state index contributed by atoms with van der Waals surface area (Å²) in [6, 6.07) is 8.86. The van der Waals surface area contributed by atoms with Gasteiger partial charge in [-0.1, -0.05) is 12.1 Å². The second-order valence-corrected chi connectivity index (χ2v) is 8.10. The molecule has 0 aromatic heterocycles. The monoisotopic (exact) mass is 482 g/mol. The van der Waals surface area contributed by atoms with Crippen LogP contribution in [0.3, 0.4) is 0 Å². The Balaban J connectivity index is 2.05. The van der Waals surface area contributed by atoms with Crippen LogP contribution in [-0.4, -0.2) is 43.5 Å². The zero-order valence-corrected chi connectivity index (χ0v) is 18.2. The van der Waals surface area contributed by atoms with Crippen LogP contribution in [0.1, 0.15) is 23.5 Å². The molecule has 1 aliphatic heterocycles. The van der Waals surface area contributed by atoms with Gasteiger partial charge in [0.1, 0.15) is 23.9 Å². The number of nitro benzene ring substituents is 1. The number of likely N-dealkylation sites (tertiary alicyclic amines) is 1. The molecule has 0 aliphatic carbocycles. The number of hydrogen-bond donors (Lipinski definition) is 0. The number of piperidine rings is 1. The molecule has 0 N–H and O–H groups in total. The maximum absolute atomic E-state index is 12.6. The molecular formula is C22H21F3N2O7. The summed E-state index contributed by atoms with van der Waals surface area (Å²) >= 11 is 0. The number of non-ortho nitro benzene ring substituents is 1. The number of quaternary nitrogens is 1. The molecule has 3 unspecified atom stereocenters. The summed E-state index contributed by atoms with van der Waals surface area (Å²) in [5.41, 5.74) is 0.607. The van der Waals surface area contributed by atoms with Crippen LogP contribution in [0.4, 0.5) is 29.3 Å². The first kappa shape index (κ1) is 25.0. The fourth-order valence-corrected chi connectivity index (χ4v) is 4.39. The lowest BCUT2D eigenvalue weighted by Gasteiger charge is -2.45. The van der Waals surface area contributed by atoms with Gasteiger partial charge in [0.2, 0.25) is 0 Å². The average Bonchev–Trinajstić information content (AvgIpc) is 2.78. The van der Waals surface area contributed by atoms with Crippen LogP contribution in [0.25, 0.3) is 0 Å². The predicted molar refractivity (Wildman–Crippen MR) is 111 cm³/mol. The lowest BCUT2D eigenvalue weighted by molar-refractivity contribution is -0.384. The number of nitro groups is 1. The standard InChI is InChI=1S/C22H21F3N2O7/c1-13-9-14(3-8-19(13)34-22(23,24)25)15-10-16(20(28)33-2)12-27(11-15,21(29)30)18-6-4-17(5-7-18)26(31)32/h3-9,15-16H,10-12H2,1-2H3. The van der Waals surface area contributed by atoms with Gasteiger partial charge in [-0.05, 0) is 30.5 Å². The lowest BCUT2D eigenvalue weighted by Crippen LogP contribution is -2.66. The van der Waals surface area contributed by atoms with Crippen molar-refractivity contribution < 1.29 is 42.3 Å². The molecule has 1 heterocycles. The highest BCUT2D eigenvalue weighted by atomic mass is 19.4. The van der Waals surface area contributed by atoms with Gasteiger partial charge in [0.25, 0.3) is 11.8 Å². The number of ether oxygens (including phenoxy) is 2. The summed E-state index contributed by atoms with van der Waals surface area (Å²) < 4.78 is 45.9. The van der Waals surface area contributed by atoms with Crippen molar-refractivity contribution in [3.63, 3.8) is 0 Å². The molecule has 3 rings (SSSR count). The average molecular weight is 482 g/mol. The minimum absolute atomic E-state index is 0.0907. The summed E-state index contributed by atoms with van der Waals surface area (Å²) in [6.07, 6.45) is -6.21. The first-order valence-corrected chi connectivity index (χ1v) is 10.1. The molecule has 0 spiro atoms. The summed E-state index contributed by atoms with van der Waals surface area (Å²) in [4.78, 5) is 35.2. The van der Waals surface area contributed by atoms with E-state index in [0.29, 0.717) is 5.56 Å². The second-order valence-electron chi connectivity index (χ2n) is 8.10. The van der Waals surface area contributed by atoms with Crippen LogP contribution in [-0.2, 0) is 9.53 Å². The molecule has 12 heteroatoms. The van der Waals surface area contributed by atoms with Crippen molar-refractivity contribution in [1.82, 2.24) is 4.48 Å². The van der Waals surface area contributed by atoms with Gasteiger partial charge in [-0.15, -0.1) is 13.2 Å². The van der Waals surface area contributed by atoms with E-state index in [9.17, 15) is 38.0 Å². The topological polar surface area (TPSA) is 119 Å². The molecule has 34 heavy (non-hydrogen) atoms. The number of esters is 1. The molecule has 2 aromatic carbocycles. The van der Waals surface area contributed by atoms with Gasteiger partial charge in [0.05, 0.1) is 18.6 Å². The Morgan fingerprint density at radius 2 is 1.76 bits per heavy atom. The Kier molecular flexibility index (Phi) is 6.82. The van der Waals surface area contributed by atoms with E-state index in [1.165, 1.54) is 38.3 Å². The first-order chi connectivity index (χ1) is 15.9. The Bertz CT molecular complexity index is 1100. The van der Waals surface area contributed by atoms with E-state index in [4.69, 9.17) is 4.74 Å². The van der Waals surface area contributed by atoms with Gasteiger partial charge in [-0.2, -0.15) is 0 Å². The third kappa shape index (κ3) is 5.11. The molecule has 1 amide bonds. The van der Waals surface area contributed by atoms with E-state index in [-0.39, 0.29) is 36.4 Å². The highest BCUT2D eigenvalue weighted by molar-refractivity contribution is 5.82. The van der Waals surface area contributed by atoms with Crippen molar-refractivity contribution in [2.45, 2.75) is 25.6 Å². The second kappa shape index (κ2) is 9.29. The van der Waals surface area contributed by atoms with E-state index >= 15 is 0 Å². The Morgan fingerprint density at radius 1 is 1.12 bits per heavy atom. The Morgan fingerprint density at radius 3 is 2.26 bits per heavy atom. The maximum Gasteiger partial charge on any atom is 0.573 e. The van der Waals surface area contributed by atoms with E-state index in [1.54, 1.807) is 0 Å². The van der Waals surface area contributed by atoms with Crippen LogP contribution < -0.4 is 14.3 Å². The van der Waals surface area contributed by atoms with Gasteiger partial charge in [-0.25, -0.2) is 4.48 Å². The molecule has 0 saturated carbocycles. The van der Waals surface area contributed by atoms with E-state index < -0.39 is 45.4 Å². The van der Waals surface area contributed by atoms with Crippen molar-refractivity contribution in [3.05, 3.63) is 63.7 Å². The SMILES string of the molecule is COC(=O)C1CC(c2ccc(OC(F)(F)F)c(C)c2)C[N+](C(=O)[O-])(c2ccc([N+](=O)[O-])cc2)C1. The minimum atomic E-state index is -4.87. The van der Waals surface area contributed by atoms with Crippen LogP contribution in [0.2, 0.25) is 0 Å². The Hall–Kier alpha value is -3.67. The summed E-state index contributed by atoms with van der Waals surface area (Å²) in [5, 5.41) is 23.4. The van der Waals surface area contributed by atoms with E-state index in [2.05, 4.69) is 4.74 Å². The number of carbonyl (C=O) groups is 2. The summed E-state index contributed by atoms with van der Waals surface area (Å²) in [7, 11) is 1.17. The number of carboxylic acid groups (broad SMARTS) is 1. The van der Waals surface area contributed by atoms with Crippen molar-refractivity contribution in [1.29, 1.82) is 0 Å². The number of aryl methyl sites for hydroxylation is 1. The van der Waals surface area contributed by atoms with Gasteiger partial charge < -0.3 is 19.4 Å². The number of benzene rings is 2. The van der Waals surface area contributed by atoms with Gasteiger partial charge in [-0.3, -0.25) is 14.9 Å². The van der Waals surface area contributed by atoms with Crippen molar-refractivity contribution >= 4 is 23.4 Å². The van der Waals surface area contributed by atoms with E-state index in [0.717, 1.165) is 18.2 Å². The predicted octanol–water partition coefficient (Wildman–Crippen LogP) is 3.43. The molecule has 9 nitrogen and oxygen atoms in total. The minimum Gasteiger partial charge on any atom is -0.498 e. The number of nitrogens with zero attached hydrogens (tertiary/aromatic N) is 2. The third-order valence-corrected chi connectivity index (χ3v) is 5.97. The highest BCUT2D eigenvalue weighted by Gasteiger charge is 2.47. The van der Waals surface area contributed by atoms with Gasteiger partial charge in [0, 0.05) is 30.2 Å². The van der Waals surface area contributed by atoms with Crippen LogP contribution in [0.5, 0.6) is 5.75 Å². The van der Waals surface area contributed by atoms with Crippen molar-refractivity contribution in [2.24, 2.45) is 5.92 Å². The molecule has 0 bridgehead atoms. The third-order valence-electron chi connectivity index (χ3n) is 5.97. The molecule has 1 fully saturated rings. The number of rotatable bonds is 5. The molecule has 2 aromatic rings. The quantitative estimate of drug-likeness (QED) is 0.277. The molecule has 0 radical (unpaired) electrons. The number of hydrogen-bond acceptors (Lipinski definition) is 7. The van der Waals surface area contributed by atoms with Crippen LogP contribution in [0.15, 0.2) is 42.5 Å². The molecule has 1 saturated heterocycles. The fourth-order valence-electron chi connectivity index (χ4n) is 4.39. The number of amides is 1. The molecule has 182 valence electrons. The van der Waals surface area contributed by atoms with Crippen molar-refractivity contribution in [3.8, 4) is 5.75 Å². The zero-order valence-electron chi connectivity index (χ0n) is 18.2. The Labute approximate surface area is 192 Å². The lowest BCUT2D eigenvalue weighted by atomic mass is 9.82. The van der Waals surface area contributed by atoms with Crippen molar-refractivity contribution in [2.75, 3.05) is 20.2 Å². The van der Waals surface area contributed by atoms with Crippen LogP contribution >= 0.6 is 0 Å². The smallest absolute Gasteiger partial charge is 0.498 e.